The molecular formula is C16H13BrN2OS2. The molecule has 0 saturated carbocycles. The summed E-state index contributed by atoms with van der Waals surface area (Å²) in [5.41, 5.74) is 1.99. The van der Waals surface area contributed by atoms with Crippen LogP contribution in [0.5, 0.6) is 0 Å². The number of hydrogen-bond acceptors (Lipinski definition) is 3. The molecule has 22 heavy (non-hydrogen) atoms. The first-order valence-electron chi connectivity index (χ1n) is 6.79. The molecule has 0 unspecified atom stereocenters. The Bertz CT molecular complexity index is 782. The van der Waals surface area contributed by atoms with Crippen molar-refractivity contribution in [3.63, 3.8) is 0 Å². The predicted molar refractivity (Wildman–Crippen MR) is 99.0 cm³/mol. The van der Waals surface area contributed by atoms with E-state index in [0.29, 0.717) is 15.8 Å². The van der Waals surface area contributed by atoms with E-state index >= 15 is 0 Å². The fourth-order valence-corrected chi connectivity index (χ4v) is 4.04. The summed E-state index contributed by atoms with van der Waals surface area (Å²) in [7, 11) is 0. The number of nitrogens with zero attached hydrogens (tertiary/aromatic N) is 2. The Morgan fingerprint density at radius 1 is 1.32 bits per heavy atom. The smallest absolute Gasteiger partial charge is 0.266 e. The summed E-state index contributed by atoms with van der Waals surface area (Å²) in [4.78, 5) is 14.6. The molecule has 2 aromatic rings. The quantitative estimate of drug-likeness (QED) is 0.569. The zero-order valence-electron chi connectivity index (χ0n) is 11.8. The van der Waals surface area contributed by atoms with Crippen LogP contribution in [0.25, 0.3) is 11.8 Å². The Labute approximate surface area is 147 Å². The van der Waals surface area contributed by atoms with Crippen LogP contribution >= 0.6 is 39.9 Å². The number of likely N-dealkylation sites (N-methyl/N-ethyl adjacent to an activating group) is 1. The number of amides is 1. The van der Waals surface area contributed by atoms with Crippen LogP contribution < -0.4 is 0 Å². The zero-order valence-corrected chi connectivity index (χ0v) is 15.0. The summed E-state index contributed by atoms with van der Waals surface area (Å²) in [6.45, 7) is 2.53. The minimum atomic E-state index is -0.0144. The maximum atomic E-state index is 12.3. The number of benzene rings is 1. The Kier molecular flexibility index (Phi) is 4.52. The van der Waals surface area contributed by atoms with Crippen LogP contribution in [-0.2, 0) is 4.79 Å². The van der Waals surface area contributed by atoms with E-state index in [1.807, 2.05) is 60.2 Å². The van der Waals surface area contributed by atoms with E-state index < -0.39 is 0 Å². The van der Waals surface area contributed by atoms with E-state index in [4.69, 9.17) is 12.2 Å². The SMILES string of the molecule is CCN1C(=O)/C(=C/c2cccn2-c2cccc(Br)c2)SC1=S. The topological polar surface area (TPSA) is 25.2 Å². The summed E-state index contributed by atoms with van der Waals surface area (Å²) in [5, 5.41) is 0. The Balaban J connectivity index is 1.98. The number of thiocarbonyl (C=S) groups is 1. The van der Waals surface area contributed by atoms with Crippen molar-refractivity contribution >= 4 is 56.2 Å². The molecule has 1 aromatic heterocycles. The van der Waals surface area contributed by atoms with Gasteiger partial charge in [-0.15, -0.1) is 0 Å². The lowest BCUT2D eigenvalue weighted by Crippen LogP contribution is -2.27. The fourth-order valence-electron chi connectivity index (χ4n) is 2.28. The summed E-state index contributed by atoms with van der Waals surface area (Å²) < 4.78 is 3.68. The fraction of sp³-hybridized carbons (Fsp3) is 0.125. The Hall–Kier alpha value is -1.37. The molecule has 0 N–H and O–H groups in total. The van der Waals surface area contributed by atoms with E-state index in [2.05, 4.69) is 15.9 Å². The standard InChI is InChI=1S/C16H13BrN2OS2/c1-2-18-15(20)14(22-16(18)21)10-13-7-4-8-19(13)12-6-3-5-11(17)9-12/h3-10H,2H2,1H3/b14-10-. The molecule has 1 fully saturated rings. The highest BCUT2D eigenvalue weighted by molar-refractivity contribution is 9.10. The third-order valence-electron chi connectivity index (χ3n) is 3.34. The molecule has 2 heterocycles. The first-order valence-corrected chi connectivity index (χ1v) is 8.80. The monoisotopic (exact) mass is 392 g/mol. The van der Waals surface area contributed by atoms with Crippen molar-refractivity contribution in [3.8, 4) is 5.69 Å². The van der Waals surface area contributed by atoms with E-state index in [1.54, 1.807) is 4.90 Å². The van der Waals surface area contributed by atoms with Crippen LogP contribution in [0.2, 0.25) is 0 Å². The number of carbonyl (C=O) groups is 1. The molecule has 0 radical (unpaired) electrons. The minimum Gasteiger partial charge on any atom is -0.317 e. The summed E-state index contributed by atoms with van der Waals surface area (Å²) in [6, 6.07) is 12.0. The number of aromatic nitrogens is 1. The van der Waals surface area contributed by atoms with Gasteiger partial charge in [0.25, 0.3) is 5.91 Å². The predicted octanol–water partition coefficient (Wildman–Crippen LogP) is 4.46. The second-order valence-electron chi connectivity index (χ2n) is 4.71. The van der Waals surface area contributed by atoms with Gasteiger partial charge in [0.05, 0.1) is 4.91 Å². The van der Waals surface area contributed by atoms with Gasteiger partial charge in [-0.25, -0.2) is 0 Å². The van der Waals surface area contributed by atoms with Gasteiger partial charge in [-0.2, -0.15) is 0 Å². The molecule has 3 rings (SSSR count). The molecule has 3 nitrogen and oxygen atoms in total. The number of halogens is 1. The van der Waals surface area contributed by atoms with Crippen LogP contribution in [0.3, 0.4) is 0 Å². The van der Waals surface area contributed by atoms with Crippen molar-refractivity contribution in [1.82, 2.24) is 9.47 Å². The summed E-state index contributed by atoms with van der Waals surface area (Å²) in [6.07, 6.45) is 3.88. The van der Waals surface area contributed by atoms with Crippen molar-refractivity contribution in [2.45, 2.75) is 6.92 Å². The lowest BCUT2D eigenvalue weighted by molar-refractivity contribution is -0.121. The van der Waals surface area contributed by atoms with Gasteiger partial charge in [0.2, 0.25) is 0 Å². The summed E-state index contributed by atoms with van der Waals surface area (Å²) >= 11 is 10.1. The van der Waals surface area contributed by atoms with Crippen molar-refractivity contribution < 1.29 is 4.79 Å². The first-order chi connectivity index (χ1) is 10.6. The van der Waals surface area contributed by atoms with Gasteiger partial charge in [-0.1, -0.05) is 46.0 Å². The van der Waals surface area contributed by atoms with Gasteiger partial charge in [0.1, 0.15) is 4.32 Å². The highest BCUT2D eigenvalue weighted by atomic mass is 79.9. The van der Waals surface area contributed by atoms with Gasteiger partial charge in [0.15, 0.2) is 0 Å². The first kappa shape index (κ1) is 15.5. The average molecular weight is 393 g/mol. The molecular weight excluding hydrogens is 380 g/mol. The molecule has 1 amide bonds. The van der Waals surface area contributed by atoms with Crippen LogP contribution in [0.4, 0.5) is 0 Å². The van der Waals surface area contributed by atoms with Crippen LogP contribution in [0.15, 0.2) is 52.0 Å². The number of rotatable bonds is 3. The zero-order chi connectivity index (χ0) is 15.7. The van der Waals surface area contributed by atoms with Crippen molar-refractivity contribution in [3.05, 3.63) is 57.7 Å². The molecule has 1 aromatic carbocycles. The molecule has 1 aliphatic rings. The molecule has 0 atom stereocenters. The third kappa shape index (κ3) is 2.91. The van der Waals surface area contributed by atoms with Gasteiger partial charge in [-0.05, 0) is 43.3 Å². The van der Waals surface area contributed by atoms with E-state index in [-0.39, 0.29) is 5.91 Å². The lowest BCUT2D eigenvalue weighted by atomic mass is 10.3. The molecule has 0 bridgehead atoms. The van der Waals surface area contributed by atoms with Gasteiger partial charge in [-0.3, -0.25) is 9.69 Å². The van der Waals surface area contributed by atoms with Gasteiger partial charge >= 0.3 is 0 Å². The van der Waals surface area contributed by atoms with Crippen LogP contribution in [0.1, 0.15) is 12.6 Å². The summed E-state index contributed by atoms with van der Waals surface area (Å²) in [5.74, 6) is -0.0144. The molecule has 112 valence electrons. The highest BCUT2D eigenvalue weighted by Crippen LogP contribution is 2.32. The number of hydrogen-bond donors (Lipinski definition) is 0. The van der Waals surface area contributed by atoms with E-state index in [9.17, 15) is 4.79 Å². The minimum absolute atomic E-state index is 0.0144. The van der Waals surface area contributed by atoms with E-state index in [1.165, 1.54) is 11.8 Å². The Morgan fingerprint density at radius 3 is 2.82 bits per heavy atom. The van der Waals surface area contributed by atoms with E-state index in [0.717, 1.165) is 15.9 Å². The number of thioether (sulfide) groups is 1. The highest BCUT2D eigenvalue weighted by Gasteiger charge is 2.30. The van der Waals surface area contributed by atoms with Gasteiger partial charge < -0.3 is 4.57 Å². The maximum Gasteiger partial charge on any atom is 0.266 e. The average Bonchev–Trinajstić information content (AvgIpc) is 3.05. The largest absolute Gasteiger partial charge is 0.317 e. The molecule has 0 spiro atoms. The van der Waals surface area contributed by atoms with Crippen molar-refractivity contribution in [2.24, 2.45) is 0 Å². The normalized spacial score (nSPS) is 16.8. The molecule has 0 aliphatic carbocycles. The second-order valence-corrected chi connectivity index (χ2v) is 7.30. The third-order valence-corrected chi connectivity index (χ3v) is 5.21. The number of carbonyl (C=O) groups excluding carboxylic acids is 1. The van der Waals surface area contributed by atoms with Crippen molar-refractivity contribution in [1.29, 1.82) is 0 Å². The molecule has 1 aliphatic heterocycles. The van der Waals surface area contributed by atoms with Crippen LogP contribution in [-0.4, -0.2) is 26.2 Å². The van der Waals surface area contributed by atoms with Gasteiger partial charge in [0, 0.05) is 28.6 Å². The van der Waals surface area contributed by atoms with Crippen molar-refractivity contribution in [2.75, 3.05) is 6.54 Å². The Morgan fingerprint density at radius 2 is 2.14 bits per heavy atom. The lowest BCUT2D eigenvalue weighted by Gasteiger charge is -2.10. The second kappa shape index (κ2) is 6.40. The molecule has 6 heteroatoms. The maximum absolute atomic E-state index is 12.3. The van der Waals surface area contributed by atoms with Crippen LogP contribution in [0, 0.1) is 0 Å². The molecule has 1 saturated heterocycles.